The Balaban J connectivity index is 2.47. The van der Waals surface area contributed by atoms with Crippen molar-refractivity contribution in [3.63, 3.8) is 0 Å². The van der Waals surface area contributed by atoms with Gasteiger partial charge in [0.2, 0.25) is 0 Å². The maximum atomic E-state index is 12.8. The van der Waals surface area contributed by atoms with E-state index in [-0.39, 0.29) is 17.4 Å². The maximum absolute atomic E-state index is 12.8. The number of aliphatic hydroxyl groups is 1. The van der Waals surface area contributed by atoms with Gasteiger partial charge in [-0.25, -0.2) is 0 Å². The Hall–Kier alpha value is -3.60. The first-order valence-corrected chi connectivity index (χ1v) is 9.16. The number of aliphatic hydroxyl groups excluding tert-OH is 1. The fourth-order valence-electron chi connectivity index (χ4n) is 3.14. The largest absolute Gasteiger partial charge is 0.463 e. The maximum Gasteiger partial charge on any atom is 0.303 e. The zero-order valence-corrected chi connectivity index (χ0v) is 17.0. The van der Waals surface area contributed by atoms with Crippen molar-refractivity contribution >= 4 is 36.0 Å². The molecule has 0 saturated heterocycles. The first-order chi connectivity index (χ1) is 14.6. The molecule has 1 aliphatic rings. The molecular weight excluding hydrogens is 414 g/mol. The van der Waals surface area contributed by atoms with Crippen molar-refractivity contribution < 1.29 is 48.1 Å². The van der Waals surface area contributed by atoms with Crippen LogP contribution in [0.25, 0.3) is 0 Å². The van der Waals surface area contributed by atoms with Crippen LogP contribution in [0.4, 0.5) is 0 Å². The number of aldehydes is 1. The lowest BCUT2D eigenvalue weighted by atomic mass is 10.00. The van der Waals surface area contributed by atoms with Crippen LogP contribution in [0.15, 0.2) is 24.3 Å². The number of hydrogen-bond acceptors (Lipinski definition) is 10. The van der Waals surface area contributed by atoms with E-state index in [0.29, 0.717) is 4.90 Å². The first kappa shape index (κ1) is 23.7. The lowest BCUT2D eigenvalue weighted by Crippen LogP contribution is -2.58. The highest BCUT2D eigenvalue weighted by atomic mass is 16.6. The normalized spacial score (nSPS) is 16.6. The van der Waals surface area contributed by atoms with Gasteiger partial charge in [0.15, 0.2) is 12.2 Å². The number of imide groups is 1. The predicted octanol–water partition coefficient (Wildman–Crippen LogP) is -0.362. The molecule has 1 heterocycles. The van der Waals surface area contributed by atoms with Crippen LogP contribution < -0.4 is 0 Å². The Bertz CT molecular complexity index is 876. The molecule has 1 aromatic rings. The number of esters is 3. The SMILES string of the molecule is CC(=O)OC[C@@H](O)[C@@H](OC(C)=O)[C@H](OC(C)=O)[C@H](C=O)N1C(=O)c2ccccc2C1=O. The van der Waals surface area contributed by atoms with Gasteiger partial charge in [-0.05, 0) is 12.1 Å². The molecule has 11 nitrogen and oxygen atoms in total. The van der Waals surface area contributed by atoms with E-state index in [1.54, 1.807) is 0 Å². The summed E-state index contributed by atoms with van der Waals surface area (Å²) in [4.78, 5) is 72.5. The number of carbonyl (C=O) groups excluding carboxylic acids is 6. The zero-order valence-electron chi connectivity index (χ0n) is 17.0. The van der Waals surface area contributed by atoms with Crippen LogP contribution in [0, 0.1) is 0 Å². The molecule has 2 amide bonds. The van der Waals surface area contributed by atoms with Gasteiger partial charge in [0.1, 0.15) is 25.0 Å². The van der Waals surface area contributed by atoms with Crippen molar-refractivity contribution in [3.8, 4) is 0 Å². The molecule has 0 aliphatic carbocycles. The number of nitrogens with zero attached hydrogens (tertiary/aromatic N) is 1. The first-order valence-electron chi connectivity index (χ1n) is 9.16. The molecule has 31 heavy (non-hydrogen) atoms. The molecule has 1 N–H and O–H groups in total. The smallest absolute Gasteiger partial charge is 0.303 e. The fourth-order valence-corrected chi connectivity index (χ4v) is 3.14. The van der Waals surface area contributed by atoms with Crippen molar-refractivity contribution in [3.05, 3.63) is 35.4 Å². The van der Waals surface area contributed by atoms with Gasteiger partial charge >= 0.3 is 17.9 Å². The summed E-state index contributed by atoms with van der Waals surface area (Å²) in [5.74, 6) is -4.27. The number of carbonyl (C=O) groups is 6. The molecule has 4 atom stereocenters. The predicted molar refractivity (Wildman–Crippen MR) is 101 cm³/mol. The van der Waals surface area contributed by atoms with Crippen LogP contribution in [-0.4, -0.2) is 77.0 Å². The lowest BCUT2D eigenvalue weighted by molar-refractivity contribution is -0.184. The highest BCUT2D eigenvalue weighted by Crippen LogP contribution is 2.28. The third kappa shape index (κ3) is 5.31. The van der Waals surface area contributed by atoms with Crippen LogP contribution in [0.5, 0.6) is 0 Å². The average molecular weight is 435 g/mol. The molecule has 0 radical (unpaired) electrons. The molecule has 0 saturated carbocycles. The molecule has 0 fully saturated rings. The average Bonchev–Trinajstić information content (AvgIpc) is 2.95. The Morgan fingerprint density at radius 3 is 1.84 bits per heavy atom. The fraction of sp³-hybridized carbons (Fsp3) is 0.400. The molecule has 0 spiro atoms. The van der Waals surface area contributed by atoms with Gasteiger partial charge in [0.25, 0.3) is 11.8 Å². The highest BCUT2D eigenvalue weighted by Gasteiger charge is 2.48. The summed E-state index contributed by atoms with van der Waals surface area (Å²) in [6, 6.07) is 4.08. The minimum atomic E-state index is -1.77. The summed E-state index contributed by atoms with van der Waals surface area (Å²) >= 11 is 0. The van der Waals surface area contributed by atoms with Crippen LogP contribution >= 0.6 is 0 Å². The summed E-state index contributed by atoms with van der Waals surface area (Å²) < 4.78 is 14.8. The highest BCUT2D eigenvalue weighted by molar-refractivity contribution is 6.22. The second-order valence-corrected chi connectivity index (χ2v) is 6.67. The molecule has 0 bridgehead atoms. The second kappa shape index (κ2) is 9.94. The summed E-state index contributed by atoms with van der Waals surface area (Å²) in [7, 11) is 0. The van der Waals surface area contributed by atoms with Crippen molar-refractivity contribution in [2.75, 3.05) is 6.61 Å². The zero-order chi connectivity index (χ0) is 23.3. The van der Waals surface area contributed by atoms with Crippen LogP contribution in [0.2, 0.25) is 0 Å². The Kier molecular flexibility index (Phi) is 7.59. The van der Waals surface area contributed by atoms with E-state index >= 15 is 0 Å². The monoisotopic (exact) mass is 435 g/mol. The molecule has 1 aromatic carbocycles. The molecule has 11 heteroatoms. The number of ether oxygens (including phenoxy) is 3. The molecule has 0 unspecified atom stereocenters. The number of hydrogen-bond donors (Lipinski definition) is 1. The van der Waals surface area contributed by atoms with Crippen molar-refractivity contribution in [1.82, 2.24) is 4.90 Å². The molecule has 0 aromatic heterocycles. The van der Waals surface area contributed by atoms with Crippen molar-refractivity contribution in [2.45, 2.75) is 45.1 Å². The van der Waals surface area contributed by atoms with Gasteiger partial charge < -0.3 is 24.1 Å². The quantitative estimate of drug-likeness (QED) is 0.235. The number of rotatable bonds is 9. The standard InChI is InChI=1S/C20H21NO10/c1-10(23)29-9-16(26)18(31-12(3)25)17(30-11(2)24)15(8-22)21-19(27)13-6-4-5-7-14(13)20(21)28/h4-8,15-18,26H,9H2,1-3H3/t15-,16+,17+,18+/m0/s1. The van der Waals surface area contributed by atoms with E-state index < -0.39 is 60.7 Å². The van der Waals surface area contributed by atoms with Crippen molar-refractivity contribution in [1.29, 1.82) is 0 Å². The molecular formula is C20H21NO10. The van der Waals surface area contributed by atoms with E-state index in [0.717, 1.165) is 20.8 Å². The van der Waals surface area contributed by atoms with Gasteiger partial charge in [-0.15, -0.1) is 0 Å². The summed E-state index contributed by atoms with van der Waals surface area (Å²) in [6.07, 6.45) is -5.08. The van der Waals surface area contributed by atoms with E-state index in [9.17, 15) is 33.9 Å². The lowest BCUT2D eigenvalue weighted by Gasteiger charge is -2.35. The Morgan fingerprint density at radius 2 is 1.42 bits per heavy atom. The minimum Gasteiger partial charge on any atom is -0.463 e. The van der Waals surface area contributed by atoms with Crippen LogP contribution in [0.1, 0.15) is 41.5 Å². The number of fused-ring (bicyclic) bond motifs is 1. The third-order valence-corrected chi connectivity index (χ3v) is 4.36. The van der Waals surface area contributed by atoms with Gasteiger partial charge in [0, 0.05) is 20.8 Å². The second-order valence-electron chi connectivity index (χ2n) is 6.67. The van der Waals surface area contributed by atoms with Gasteiger partial charge in [-0.3, -0.25) is 28.9 Å². The summed E-state index contributed by atoms with van der Waals surface area (Å²) in [6.45, 7) is 2.39. The molecule has 2 rings (SSSR count). The van der Waals surface area contributed by atoms with Gasteiger partial charge in [-0.2, -0.15) is 0 Å². The van der Waals surface area contributed by atoms with Crippen LogP contribution in [-0.2, 0) is 33.4 Å². The third-order valence-electron chi connectivity index (χ3n) is 4.36. The van der Waals surface area contributed by atoms with Crippen LogP contribution in [0.3, 0.4) is 0 Å². The van der Waals surface area contributed by atoms with E-state index in [1.807, 2.05) is 0 Å². The summed E-state index contributed by atoms with van der Waals surface area (Å²) in [5.41, 5.74) is 0.0656. The Morgan fingerprint density at radius 1 is 0.935 bits per heavy atom. The van der Waals surface area contributed by atoms with Gasteiger partial charge in [0.05, 0.1) is 11.1 Å². The number of benzene rings is 1. The van der Waals surface area contributed by atoms with E-state index in [4.69, 9.17) is 14.2 Å². The minimum absolute atomic E-state index is 0.0328. The molecule has 1 aliphatic heterocycles. The van der Waals surface area contributed by atoms with Crippen molar-refractivity contribution in [2.24, 2.45) is 0 Å². The number of amides is 2. The topological polar surface area (TPSA) is 154 Å². The Labute approximate surface area is 176 Å². The van der Waals surface area contributed by atoms with E-state index in [1.165, 1.54) is 24.3 Å². The van der Waals surface area contributed by atoms with E-state index in [2.05, 4.69) is 0 Å². The molecule has 166 valence electrons. The van der Waals surface area contributed by atoms with Gasteiger partial charge in [-0.1, -0.05) is 12.1 Å². The summed E-state index contributed by atoms with van der Waals surface area (Å²) in [5, 5.41) is 10.4.